The van der Waals surface area contributed by atoms with Crippen molar-refractivity contribution in [3.8, 4) is 11.5 Å². The number of rotatable bonds is 4. The molecule has 20 heavy (non-hydrogen) atoms. The molecule has 2 rings (SSSR count). The van der Waals surface area contributed by atoms with Gasteiger partial charge in [0.1, 0.15) is 17.1 Å². The van der Waals surface area contributed by atoms with E-state index in [1.54, 1.807) is 24.3 Å². The van der Waals surface area contributed by atoms with Crippen molar-refractivity contribution < 1.29 is 14.3 Å². The first kappa shape index (κ1) is 13.7. The van der Waals surface area contributed by atoms with Gasteiger partial charge >= 0.3 is 0 Å². The lowest BCUT2D eigenvalue weighted by atomic mass is 10.2. The summed E-state index contributed by atoms with van der Waals surface area (Å²) in [4.78, 5) is 26.0. The predicted octanol–water partition coefficient (Wildman–Crippen LogP) is 1.64. The van der Waals surface area contributed by atoms with Gasteiger partial charge in [0.05, 0.1) is 19.9 Å². The number of H-pyrrole nitrogens is 1. The van der Waals surface area contributed by atoms with Gasteiger partial charge in [0.2, 0.25) is 0 Å². The van der Waals surface area contributed by atoms with Crippen LogP contribution in [0.4, 0.5) is 5.69 Å². The third-order valence-corrected chi connectivity index (χ3v) is 2.72. The third-order valence-electron chi connectivity index (χ3n) is 2.72. The molecule has 0 spiro atoms. The number of benzene rings is 1. The van der Waals surface area contributed by atoms with Crippen LogP contribution in [-0.2, 0) is 0 Å². The summed E-state index contributed by atoms with van der Waals surface area (Å²) in [7, 11) is 3.02. The van der Waals surface area contributed by atoms with Gasteiger partial charge in [0.15, 0.2) is 0 Å². The zero-order valence-corrected chi connectivity index (χ0v) is 11.1. The standard InChI is InChI=1S/C14H14N2O4/c1-19-9-5-6-11(12(8-9)20-2)16-14(18)10-4-3-7-15-13(10)17/h3-8H,1-2H3,(H,15,17)(H,16,18). The van der Waals surface area contributed by atoms with Crippen molar-refractivity contribution in [1.82, 2.24) is 4.98 Å². The highest BCUT2D eigenvalue weighted by atomic mass is 16.5. The van der Waals surface area contributed by atoms with Crippen LogP contribution in [0.15, 0.2) is 41.3 Å². The summed E-state index contributed by atoms with van der Waals surface area (Å²) in [5, 5.41) is 2.63. The summed E-state index contributed by atoms with van der Waals surface area (Å²) in [6.45, 7) is 0. The van der Waals surface area contributed by atoms with E-state index in [1.807, 2.05) is 0 Å². The Morgan fingerprint density at radius 2 is 2.00 bits per heavy atom. The SMILES string of the molecule is COc1ccc(NC(=O)c2ccc[nH]c2=O)c(OC)c1. The largest absolute Gasteiger partial charge is 0.497 e. The van der Waals surface area contributed by atoms with Crippen LogP contribution in [0, 0.1) is 0 Å². The lowest BCUT2D eigenvalue weighted by Gasteiger charge is -2.11. The Morgan fingerprint density at radius 3 is 2.65 bits per heavy atom. The van der Waals surface area contributed by atoms with Gasteiger partial charge in [-0.3, -0.25) is 9.59 Å². The molecule has 2 aromatic rings. The molecule has 0 saturated heterocycles. The number of aromatic nitrogens is 1. The van der Waals surface area contributed by atoms with Crippen molar-refractivity contribution >= 4 is 11.6 Å². The van der Waals surface area contributed by atoms with Crippen molar-refractivity contribution in [2.75, 3.05) is 19.5 Å². The van der Waals surface area contributed by atoms with Crippen molar-refractivity contribution in [1.29, 1.82) is 0 Å². The molecule has 0 aliphatic heterocycles. The van der Waals surface area contributed by atoms with Gasteiger partial charge in [-0.15, -0.1) is 0 Å². The number of carbonyl (C=O) groups excluding carboxylic acids is 1. The number of pyridine rings is 1. The monoisotopic (exact) mass is 274 g/mol. The number of amides is 1. The molecule has 0 aliphatic carbocycles. The normalized spacial score (nSPS) is 9.90. The number of nitrogens with one attached hydrogen (secondary N) is 2. The molecule has 6 heteroatoms. The highest BCUT2D eigenvalue weighted by Crippen LogP contribution is 2.29. The molecule has 0 unspecified atom stereocenters. The van der Waals surface area contributed by atoms with E-state index >= 15 is 0 Å². The Balaban J connectivity index is 2.28. The molecule has 0 bridgehead atoms. The van der Waals surface area contributed by atoms with Gasteiger partial charge in [-0.05, 0) is 24.3 Å². The van der Waals surface area contributed by atoms with Crippen LogP contribution in [0.1, 0.15) is 10.4 Å². The van der Waals surface area contributed by atoms with Gasteiger partial charge < -0.3 is 19.8 Å². The van der Waals surface area contributed by atoms with Crippen molar-refractivity contribution in [3.63, 3.8) is 0 Å². The van der Waals surface area contributed by atoms with E-state index < -0.39 is 11.5 Å². The maximum atomic E-state index is 12.0. The summed E-state index contributed by atoms with van der Waals surface area (Å²) < 4.78 is 10.2. The van der Waals surface area contributed by atoms with E-state index in [2.05, 4.69) is 10.3 Å². The summed E-state index contributed by atoms with van der Waals surface area (Å²) in [5.41, 5.74) is 0.0457. The van der Waals surface area contributed by atoms with Gasteiger partial charge in [-0.25, -0.2) is 0 Å². The van der Waals surface area contributed by atoms with Crippen LogP contribution in [0.5, 0.6) is 11.5 Å². The molecule has 0 fully saturated rings. The quantitative estimate of drug-likeness (QED) is 0.888. The first-order valence-electron chi connectivity index (χ1n) is 5.87. The molecule has 6 nitrogen and oxygen atoms in total. The molecule has 104 valence electrons. The number of carbonyl (C=O) groups is 1. The molecular weight excluding hydrogens is 260 g/mol. The smallest absolute Gasteiger partial charge is 0.261 e. The van der Waals surface area contributed by atoms with E-state index in [4.69, 9.17) is 9.47 Å². The molecule has 1 aromatic heterocycles. The number of hydrogen-bond donors (Lipinski definition) is 2. The molecule has 0 radical (unpaired) electrons. The fraction of sp³-hybridized carbons (Fsp3) is 0.143. The van der Waals surface area contributed by atoms with Gasteiger partial charge in [-0.2, -0.15) is 0 Å². The average molecular weight is 274 g/mol. The van der Waals surface area contributed by atoms with E-state index in [0.717, 1.165) is 0 Å². The van der Waals surface area contributed by atoms with Crippen molar-refractivity contribution in [3.05, 3.63) is 52.4 Å². The minimum Gasteiger partial charge on any atom is -0.497 e. The number of aromatic amines is 1. The predicted molar refractivity (Wildman–Crippen MR) is 74.6 cm³/mol. The lowest BCUT2D eigenvalue weighted by Crippen LogP contribution is -2.22. The highest BCUT2D eigenvalue weighted by Gasteiger charge is 2.13. The maximum absolute atomic E-state index is 12.0. The molecule has 1 aromatic carbocycles. The van der Waals surface area contributed by atoms with Crippen LogP contribution in [0.3, 0.4) is 0 Å². The topological polar surface area (TPSA) is 80.4 Å². The fourth-order valence-corrected chi connectivity index (χ4v) is 1.69. The van der Waals surface area contributed by atoms with Gasteiger partial charge in [0.25, 0.3) is 11.5 Å². The fourth-order valence-electron chi connectivity index (χ4n) is 1.69. The summed E-state index contributed by atoms with van der Waals surface area (Å²) >= 11 is 0. The molecule has 0 saturated carbocycles. The number of methoxy groups -OCH3 is 2. The Morgan fingerprint density at radius 1 is 1.20 bits per heavy atom. The van der Waals surface area contributed by atoms with Gasteiger partial charge in [0, 0.05) is 12.3 Å². The van der Waals surface area contributed by atoms with Crippen LogP contribution in [0.2, 0.25) is 0 Å². The Hall–Kier alpha value is -2.76. The molecule has 1 amide bonds. The summed E-state index contributed by atoms with van der Waals surface area (Å²) in [5.74, 6) is 0.554. The van der Waals surface area contributed by atoms with Crippen molar-refractivity contribution in [2.24, 2.45) is 0 Å². The average Bonchev–Trinajstić information content (AvgIpc) is 2.48. The van der Waals surface area contributed by atoms with Crippen LogP contribution < -0.4 is 20.3 Å². The second-order valence-electron chi connectivity index (χ2n) is 3.93. The molecule has 0 atom stereocenters. The highest BCUT2D eigenvalue weighted by molar-refractivity contribution is 6.04. The first-order chi connectivity index (χ1) is 9.65. The summed E-state index contributed by atoms with van der Waals surface area (Å²) in [6.07, 6.45) is 1.47. The summed E-state index contributed by atoms with van der Waals surface area (Å²) in [6, 6.07) is 8.01. The minimum atomic E-state index is -0.504. The second kappa shape index (κ2) is 5.92. The van der Waals surface area contributed by atoms with Gasteiger partial charge in [-0.1, -0.05) is 0 Å². The number of ether oxygens (including phenoxy) is 2. The van der Waals surface area contributed by atoms with E-state index in [1.165, 1.54) is 26.5 Å². The van der Waals surface area contributed by atoms with Crippen molar-refractivity contribution in [2.45, 2.75) is 0 Å². The Bertz CT molecular complexity index is 679. The second-order valence-corrected chi connectivity index (χ2v) is 3.93. The van der Waals surface area contributed by atoms with E-state index in [0.29, 0.717) is 17.2 Å². The van der Waals surface area contributed by atoms with E-state index in [-0.39, 0.29) is 5.56 Å². The Kier molecular flexibility index (Phi) is 4.05. The molecule has 0 aliphatic rings. The molecular formula is C14H14N2O4. The van der Waals surface area contributed by atoms with Crippen LogP contribution in [-0.4, -0.2) is 25.1 Å². The number of anilines is 1. The zero-order chi connectivity index (χ0) is 14.5. The Labute approximate surface area is 115 Å². The zero-order valence-electron chi connectivity index (χ0n) is 11.1. The first-order valence-corrected chi connectivity index (χ1v) is 5.87. The lowest BCUT2D eigenvalue weighted by molar-refractivity contribution is 0.102. The third kappa shape index (κ3) is 2.80. The molecule has 2 N–H and O–H groups in total. The van der Waals surface area contributed by atoms with Crippen LogP contribution >= 0.6 is 0 Å². The van der Waals surface area contributed by atoms with Crippen LogP contribution in [0.25, 0.3) is 0 Å². The number of hydrogen-bond acceptors (Lipinski definition) is 4. The maximum Gasteiger partial charge on any atom is 0.261 e. The minimum absolute atomic E-state index is 0.0328. The molecule has 1 heterocycles. The van der Waals surface area contributed by atoms with E-state index in [9.17, 15) is 9.59 Å².